The molecule has 126 valence electrons. The highest BCUT2D eigenvalue weighted by Gasteiger charge is 2.31. The maximum atomic E-state index is 12.6. The second-order valence-electron chi connectivity index (χ2n) is 6.53. The summed E-state index contributed by atoms with van der Waals surface area (Å²) >= 11 is 0. The van der Waals surface area contributed by atoms with Crippen molar-refractivity contribution in [1.82, 2.24) is 10.3 Å². The Bertz CT molecular complexity index is 868. The van der Waals surface area contributed by atoms with Crippen LogP contribution in [0.1, 0.15) is 23.2 Å². The first kappa shape index (κ1) is 15.6. The van der Waals surface area contributed by atoms with Gasteiger partial charge in [0.25, 0.3) is 5.91 Å². The van der Waals surface area contributed by atoms with E-state index in [2.05, 4.69) is 10.3 Å². The molecule has 4 heteroatoms. The standard InChI is InChI=1S/C21H20N2O2/c24-21(20-8-4-5-16-13-22-10-9-19(16)20)23-17-11-15(12-17)14-25-18-6-2-1-3-7-18/h1-10,13,15,17H,11-12,14H2,(H,23,24). The minimum Gasteiger partial charge on any atom is -0.493 e. The zero-order valence-electron chi connectivity index (χ0n) is 13.9. The summed E-state index contributed by atoms with van der Waals surface area (Å²) in [6.07, 6.45) is 5.43. The summed E-state index contributed by atoms with van der Waals surface area (Å²) in [6.45, 7) is 0.705. The van der Waals surface area contributed by atoms with Crippen molar-refractivity contribution in [2.24, 2.45) is 5.92 Å². The molecule has 0 unspecified atom stereocenters. The van der Waals surface area contributed by atoms with Crippen LogP contribution in [0.25, 0.3) is 10.8 Å². The van der Waals surface area contributed by atoms with Gasteiger partial charge < -0.3 is 10.1 Å². The van der Waals surface area contributed by atoms with Crippen LogP contribution < -0.4 is 10.1 Å². The quantitative estimate of drug-likeness (QED) is 0.773. The maximum Gasteiger partial charge on any atom is 0.252 e. The molecular weight excluding hydrogens is 312 g/mol. The maximum absolute atomic E-state index is 12.6. The topological polar surface area (TPSA) is 51.2 Å². The Kier molecular flexibility index (Phi) is 4.34. The van der Waals surface area contributed by atoms with Gasteiger partial charge >= 0.3 is 0 Å². The zero-order chi connectivity index (χ0) is 17.1. The van der Waals surface area contributed by atoms with Crippen LogP contribution in [-0.2, 0) is 0 Å². The number of nitrogens with one attached hydrogen (secondary N) is 1. The summed E-state index contributed by atoms with van der Waals surface area (Å²) in [5.41, 5.74) is 0.712. The number of rotatable bonds is 5. The first-order valence-electron chi connectivity index (χ1n) is 8.61. The number of nitrogens with zero attached hydrogens (tertiary/aromatic N) is 1. The predicted octanol–water partition coefficient (Wildman–Crippen LogP) is 3.82. The number of carbonyl (C=O) groups is 1. The van der Waals surface area contributed by atoms with Crippen LogP contribution in [0.5, 0.6) is 5.75 Å². The highest BCUT2D eigenvalue weighted by Crippen LogP contribution is 2.29. The lowest BCUT2D eigenvalue weighted by Gasteiger charge is -2.35. The molecule has 0 spiro atoms. The van der Waals surface area contributed by atoms with Crippen LogP contribution >= 0.6 is 0 Å². The average Bonchev–Trinajstić information content (AvgIpc) is 2.63. The Labute approximate surface area is 146 Å². The molecule has 0 saturated heterocycles. The van der Waals surface area contributed by atoms with Crippen molar-refractivity contribution in [3.05, 3.63) is 72.6 Å². The Morgan fingerprint density at radius 1 is 1.08 bits per heavy atom. The van der Waals surface area contributed by atoms with Gasteiger partial charge in [0.05, 0.1) is 6.61 Å². The summed E-state index contributed by atoms with van der Waals surface area (Å²) in [5.74, 6) is 1.39. The van der Waals surface area contributed by atoms with Crippen LogP contribution in [-0.4, -0.2) is 23.5 Å². The van der Waals surface area contributed by atoms with Crippen molar-refractivity contribution < 1.29 is 9.53 Å². The van der Waals surface area contributed by atoms with Crippen LogP contribution in [0.2, 0.25) is 0 Å². The Morgan fingerprint density at radius 2 is 1.92 bits per heavy atom. The highest BCUT2D eigenvalue weighted by atomic mass is 16.5. The Hall–Kier alpha value is -2.88. The second-order valence-corrected chi connectivity index (χ2v) is 6.53. The Balaban J connectivity index is 1.31. The molecule has 2 aromatic carbocycles. The number of hydrogen-bond acceptors (Lipinski definition) is 3. The molecule has 1 aromatic heterocycles. The van der Waals surface area contributed by atoms with Crippen LogP contribution in [0.15, 0.2) is 67.0 Å². The fraction of sp³-hybridized carbons (Fsp3) is 0.238. The summed E-state index contributed by atoms with van der Waals surface area (Å²) in [4.78, 5) is 16.7. The van der Waals surface area contributed by atoms with E-state index in [0.717, 1.165) is 29.4 Å². The fourth-order valence-electron chi connectivity index (χ4n) is 3.30. The molecule has 0 aliphatic heterocycles. The number of carbonyl (C=O) groups excluding carboxylic acids is 1. The average molecular weight is 332 g/mol. The van der Waals surface area contributed by atoms with Gasteiger partial charge in [-0.05, 0) is 48.4 Å². The molecule has 1 N–H and O–H groups in total. The third-order valence-corrected chi connectivity index (χ3v) is 4.73. The van der Waals surface area contributed by atoms with E-state index in [-0.39, 0.29) is 11.9 Å². The lowest BCUT2D eigenvalue weighted by molar-refractivity contribution is 0.0852. The van der Waals surface area contributed by atoms with Gasteiger partial charge in [0.2, 0.25) is 0 Å². The van der Waals surface area contributed by atoms with E-state index in [1.165, 1.54) is 0 Å². The van der Waals surface area contributed by atoms with Gasteiger partial charge in [0.15, 0.2) is 0 Å². The third-order valence-electron chi connectivity index (χ3n) is 4.73. The van der Waals surface area contributed by atoms with E-state index >= 15 is 0 Å². The molecule has 0 bridgehead atoms. The van der Waals surface area contributed by atoms with Crippen molar-refractivity contribution in [1.29, 1.82) is 0 Å². The van der Waals surface area contributed by atoms with Crippen molar-refractivity contribution in [3.63, 3.8) is 0 Å². The van der Waals surface area contributed by atoms with Crippen LogP contribution in [0.3, 0.4) is 0 Å². The van der Waals surface area contributed by atoms with Crippen LogP contribution in [0, 0.1) is 5.92 Å². The molecule has 1 fully saturated rings. The number of fused-ring (bicyclic) bond motifs is 1. The van der Waals surface area contributed by atoms with Gasteiger partial charge in [-0.15, -0.1) is 0 Å². The number of aromatic nitrogens is 1. The number of pyridine rings is 1. The zero-order valence-corrected chi connectivity index (χ0v) is 13.9. The molecule has 0 atom stereocenters. The monoisotopic (exact) mass is 332 g/mol. The van der Waals surface area contributed by atoms with E-state index in [1.807, 2.05) is 54.6 Å². The van der Waals surface area contributed by atoms with E-state index < -0.39 is 0 Å². The molecule has 1 amide bonds. The molecule has 4 nitrogen and oxygen atoms in total. The van der Waals surface area contributed by atoms with E-state index in [0.29, 0.717) is 18.1 Å². The van der Waals surface area contributed by atoms with Crippen molar-refractivity contribution >= 4 is 16.7 Å². The van der Waals surface area contributed by atoms with Gasteiger partial charge in [0, 0.05) is 29.4 Å². The largest absolute Gasteiger partial charge is 0.493 e. The number of para-hydroxylation sites is 1. The third kappa shape index (κ3) is 3.48. The predicted molar refractivity (Wildman–Crippen MR) is 97.7 cm³/mol. The van der Waals surface area contributed by atoms with Gasteiger partial charge in [-0.3, -0.25) is 9.78 Å². The molecule has 1 saturated carbocycles. The summed E-state index contributed by atoms with van der Waals surface area (Å²) in [5, 5.41) is 5.07. The molecule has 3 aromatic rings. The minimum absolute atomic E-state index is 0.00997. The number of ether oxygens (including phenoxy) is 1. The summed E-state index contributed by atoms with van der Waals surface area (Å²) in [7, 11) is 0. The minimum atomic E-state index is -0.00997. The normalized spacial score (nSPS) is 19.2. The number of benzene rings is 2. The SMILES string of the molecule is O=C(NC1CC(COc2ccccc2)C1)c1cccc2cnccc12. The Morgan fingerprint density at radius 3 is 2.76 bits per heavy atom. The molecule has 1 heterocycles. The van der Waals surface area contributed by atoms with E-state index in [9.17, 15) is 4.79 Å². The van der Waals surface area contributed by atoms with Crippen molar-refractivity contribution in [2.45, 2.75) is 18.9 Å². The lowest BCUT2D eigenvalue weighted by atomic mass is 9.80. The van der Waals surface area contributed by atoms with Crippen molar-refractivity contribution in [3.8, 4) is 5.75 Å². The summed E-state index contributed by atoms with van der Waals surface area (Å²) < 4.78 is 5.79. The molecular formula is C21H20N2O2. The number of hydrogen-bond donors (Lipinski definition) is 1. The van der Waals surface area contributed by atoms with E-state index in [1.54, 1.807) is 12.4 Å². The fourth-order valence-corrected chi connectivity index (χ4v) is 3.30. The van der Waals surface area contributed by atoms with Crippen LogP contribution in [0.4, 0.5) is 0 Å². The van der Waals surface area contributed by atoms with E-state index in [4.69, 9.17) is 4.74 Å². The summed E-state index contributed by atoms with van der Waals surface area (Å²) in [6, 6.07) is 17.7. The smallest absolute Gasteiger partial charge is 0.252 e. The first-order valence-corrected chi connectivity index (χ1v) is 8.61. The molecule has 4 rings (SSSR count). The lowest BCUT2D eigenvalue weighted by Crippen LogP contribution is -2.46. The highest BCUT2D eigenvalue weighted by molar-refractivity contribution is 6.06. The molecule has 0 radical (unpaired) electrons. The molecule has 1 aliphatic carbocycles. The molecule has 1 aliphatic rings. The molecule has 25 heavy (non-hydrogen) atoms. The van der Waals surface area contributed by atoms with Gasteiger partial charge in [-0.1, -0.05) is 30.3 Å². The van der Waals surface area contributed by atoms with Gasteiger partial charge in [-0.25, -0.2) is 0 Å². The van der Waals surface area contributed by atoms with Gasteiger partial charge in [0.1, 0.15) is 5.75 Å². The first-order chi connectivity index (χ1) is 12.3. The van der Waals surface area contributed by atoms with Crippen molar-refractivity contribution in [2.75, 3.05) is 6.61 Å². The second kappa shape index (κ2) is 6.93. The number of amides is 1. The van der Waals surface area contributed by atoms with Gasteiger partial charge in [-0.2, -0.15) is 0 Å².